The number of nitro groups is 1. The van der Waals surface area contributed by atoms with E-state index in [9.17, 15) is 14.9 Å². The molecule has 0 aliphatic carbocycles. The Kier molecular flexibility index (Phi) is 3.52. The molecule has 1 N–H and O–H groups in total. The van der Waals surface area contributed by atoms with Crippen molar-refractivity contribution in [1.29, 1.82) is 0 Å². The summed E-state index contributed by atoms with van der Waals surface area (Å²) in [5.74, 6) is -1.09. The molecule has 0 saturated heterocycles. The van der Waals surface area contributed by atoms with Gasteiger partial charge in [-0.2, -0.15) is 0 Å². The molecular formula is C11H6BrN3O4. The molecule has 0 saturated carbocycles. The molecule has 1 heterocycles. The molecular weight excluding hydrogens is 318 g/mol. The lowest BCUT2D eigenvalue weighted by Gasteiger charge is -2.03. The summed E-state index contributed by atoms with van der Waals surface area (Å²) in [7, 11) is 0. The van der Waals surface area contributed by atoms with Crippen molar-refractivity contribution in [2.24, 2.45) is 0 Å². The molecule has 2 rings (SSSR count). The van der Waals surface area contributed by atoms with Crippen molar-refractivity contribution < 1.29 is 14.8 Å². The number of aromatic nitrogens is 2. The minimum Gasteiger partial charge on any atom is -0.476 e. The van der Waals surface area contributed by atoms with Gasteiger partial charge in [0.2, 0.25) is 0 Å². The predicted molar refractivity (Wildman–Crippen MR) is 68.8 cm³/mol. The molecule has 0 atom stereocenters. The monoisotopic (exact) mass is 323 g/mol. The van der Waals surface area contributed by atoms with Crippen LogP contribution >= 0.6 is 15.9 Å². The number of carboxylic acids is 1. The SMILES string of the molecule is O=C(O)c1nc(-c2cccc([N+](=O)[O-])c2)ncc1Br. The lowest BCUT2D eigenvalue weighted by Crippen LogP contribution is -2.04. The third-order valence-corrected chi connectivity index (χ3v) is 2.84. The highest BCUT2D eigenvalue weighted by Gasteiger charge is 2.14. The molecule has 96 valence electrons. The van der Waals surface area contributed by atoms with Gasteiger partial charge in [-0.3, -0.25) is 10.1 Å². The molecule has 0 aliphatic heterocycles. The minimum absolute atomic E-state index is 0.110. The van der Waals surface area contributed by atoms with Crippen LogP contribution in [-0.4, -0.2) is 26.0 Å². The maximum absolute atomic E-state index is 11.0. The average Bonchev–Trinajstić information content (AvgIpc) is 2.39. The van der Waals surface area contributed by atoms with Crippen molar-refractivity contribution in [3.05, 3.63) is 50.7 Å². The van der Waals surface area contributed by atoms with E-state index < -0.39 is 10.9 Å². The number of nitro benzene ring substituents is 1. The molecule has 1 aromatic carbocycles. The summed E-state index contributed by atoms with van der Waals surface area (Å²) in [6.07, 6.45) is 1.30. The maximum Gasteiger partial charge on any atom is 0.355 e. The number of non-ortho nitro benzene ring substituents is 1. The Hall–Kier alpha value is -2.35. The summed E-state index contributed by atoms with van der Waals surface area (Å²) < 4.78 is 0.245. The molecule has 0 amide bonds. The fraction of sp³-hybridized carbons (Fsp3) is 0. The number of carbonyl (C=O) groups is 1. The van der Waals surface area contributed by atoms with E-state index in [-0.39, 0.29) is 21.7 Å². The quantitative estimate of drug-likeness (QED) is 0.687. The molecule has 7 nitrogen and oxygen atoms in total. The Morgan fingerprint density at radius 2 is 2.16 bits per heavy atom. The van der Waals surface area contributed by atoms with Gasteiger partial charge in [0.1, 0.15) is 0 Å². The van der Waals surface area contributed by atoms with E-state index in [1.54, 1.807) is 6.07 Å². The van der Waals surface area contributed by atoms with Crippen molar-refractivity contribution in [2.75, 3.05) is 0 Å². The number of hydrogen-bond acceptors (Lipinski definition) is 5. The highest BCUT2D eigenvalue weighted by Crippen LogP contribution is 2.23. The van der Waals surface area contributed by atoms with Crippen LogP contribution in [0.2, 0.25) is 0 Å². The van der Waals surface area contributed by atoms with E-state index in [4.69, 9.17) is 5.11 Å². The molecule has 0 spiro atoms. The van der Waals surface area contributed by atoms with Crippen LogP contribution in [0.5, 0.6) is 0 Å². The number of hydrogen-bond donors (Lipinski definition) is 1. The molecule has 1 aromatic heterocycles. The third kappa shape index (κ3) is 2.74. The maximum atomic E-state index is 11.0. The van der Waals surface area contributed by atoms with E-state index in [0.29, 0.717) is 5.56 Å². The lowest BCUT2D eigenvalue weighted by molar-refractivity contribution is -0.384. The van der Waals surface area contributed by atoms with Crippen LogP contribution in [0.1, 0.15) is 10.5 Å². The summed E-state index contributed by atoms with van der Waals surface area (Å²) in [6, 6.07) is 5.68. The Labute approximate surface area is 115 Å². The van der Waals surface area contributed by atoms with Crippen molar-refractivity contribution >= 4 is 27.6 Å². The van der Waals surface area contributed by atoms with Crippen LogP contribution in [0.25, 0.3) is 11.4 Å². The van der Waals surface area contributed by atoms with E-state index in [0.717, 1.165) is 0 Å². The van der Waals surface area contributed by atoms with Crippen LogP contribution < -0.4 is 0 Å². The first-order valence-corrected chi connectivity index (χ1v) is 5.79. The average molecular weight is 324 g/mol. The number of nitrogens with zero attached hydrogens (tertiary/aromatic N) is 3. The van der Waals surface area contributed by atoms with E-state index in [1.165, 1.54) is 24.4 Å². The molecule has 8 heteroatoms. The molecule has 0 unspecified atom stereocenters. The van der Waals surface area contributed by atoms with Gasteiger partial charge in [0, 0.05) is 23.9 Å². The summed E-state index contributed by atoms with van der Waals surface area (Å²) >= 11 is 3.03. The Balaban J connectivity index is 2.53. The molecule has 0 fully saturated rings. The topological polar surface area (TPSA) is 106 Å². The molecule has 19 heavy (non-hydrogen) atoms. The summed E-state index contributed by atoms with van der Waals surface area (Å²) in [4.78, 5) is 28.9. The van der Waals surface area contributed by atoms with Crippen molar-refractivity contribution in [2.45, 2.75) is 0 Å². The number of halogens is 1. The zero-order valence-corrected chi connectivity index (χ0v) is 10.9. The van der Waals surface area contributed by atoms with Gasteiger partial charge in [-0.25, -0.2) is 14.8 Å². The summed E-state index contributed by atoms with van der Waals surface area (Å²) in [6.45, 7) is 0. The highest BCUT2D eigenvalue weighted by molar-refractivity contribution is 9.10. The number of aromatic carboxylic acids is 1. The molecule has 0 bridgehead atoms. The van der Waals surface area contributed by atoms with E-state index in [2.05, 4.69) is 25.9 Å². The Bertz CT molecular complexity index is 675. The molecule has 0 radical (unpaired) electrons. The second kappa shape index (κ2) is 5.11. The molecule has 2 aromatic rings. The number of carboxylic acid groups (broad SMARTS) is 1. The first-order chi connectivity index (χ1) is 8.99. The fourth-order valence-electron chi connectivity index (χ4n) is 1.41. The summed E-state index contributed by atoms with van der Waals surface area (Å²) in [5.41, 5.74) is 0.0709. The van der Waals surface area contributed by atoms with Gasteiger partial charge in [-0.1, -0.05) is 12.1 Å². The van der Waals surface area contributed by atoms with Crippen LogP contribution in [-0.2, 0) is 0 Å². The molecule has 0 aliphatic rings. The predicted octanol–water partition coefficient (Wildman–Crippen LogP) is 2.51. The van der Waals surface area contributed by atoms with Gasteiger partial charge < -0.3 is 5.11 Å². The van der Waals surface area contributed by atoms with E-state index >= 15 is 0 Å². The van der Waals surface area contributed by atoms with Crippen molar-refractivity contribution in [3.8, 4) is 11.4 Å². The second-order valence-corrected chi connectivity index (χ2v) is 4.36. The van der Waals surface area contributed by atoms with Crippen LogP contribution in [0, 0.1) is 10.1 Å². The van der Waals surface area contributed by atoms with E-state index in [1.807, 2.05) is 0 Å². The van der Waals surface area contributed by atoms with Crippen LogP contribution in [0.3, 0.4) is 0 Å². The van der Waals surface area contributed by atoms with Gasteiger partial charge >= 0.3 is 5.97 Å². The first-order valence-electron chi connectivity index (χ1n) is 4.99. The standard InChI is InChI=1S/C11H6BrN3O4/c12-8-5-13-10(14-9(8)11(16)17)6-2-1-3-7(4-6)15(18)19/h1-5H,(H,16,17). The van der Waals surface area contributed by atoms with Gasteiger partial charge in [0.15, 0.2) is 11.5 Å². The van der Waals surface area contributed by atoms with Gasteiger partial charge in [0.05, 0.1) is 9.40 Å². The number of benzene rings is 1. The Morgan fingerprint density at radius 1 is 1.42 bits per heavy atom. The smallest absolute Gasteiger partial charge is 0.355 e. The number of rotatable bonds is 3. The fourth-order valence-corrected chi connectivity index (χ4v) is 1.78. The van der Waals surface area contributed by atoms with Crippen molar-refractivity contribution in [3.63, 3.8) is 0 Å². The summed E-state index contributed by atoms with van der Waals surface area (Å²) in [5, 5.41) is 19.6. The first kappa shape index (κ1) is 13.1. The van der Waals surface area contributed by atoms with Gasteiger partial charge in [0.25, 0.3) is 5.69 Å². The third-order valence-electron chi connectivity index (χ3n) is 2.26. The normalized spacial score (nSPS) is 10.2. The van der Waals surface area contributed by atoms with Crippen molar-refractivity contribution in [1.82, 2.24) is 9.97 Å². The lowest BCUT2D eigenvalue weighted by atomic mass is 10.2. The highest BCUT2D eigenvalue weighted by atomic mass is 79.9. The van der Waals surface area contributed by atoms with Gasteiger partial charge in [-0.15, -0.1) is 0 Å². The van der Waals surface area contributed by atoms with Crippen LogP contribution in [0.15, 0.2) is 34.9 Å². The zero-order valence-electron chi connectivity index (χ0n) is 9.28. The largest absolute Gasteiger partial charge is 0.476 e. The van der Waals surface area contributed by atoms with Gasteiger partial charge in [-0.05, 0) is 15.9 Å². The minimum atomic E-state index is -1.21. The van der Waals surface area contributed by atoms with Crippen LogP contribution in [0.4, 0.5) is 5.69 Å². The second-order valence-electron chi connectivity index (χ2n) is 3.50. The zero-order chi connectivity index (χ0) is 14.0. The Morgan fingerprint density at radius 3 is 2.79 bits per heavy atom.